The Kier molecular flexibility index (Phi) is 5.89. The lowest BCUT2D eigenvalue weighted by atomic mass is 10.1. The normalized spacial score (nSPS) is 11.7. The van der Waals surface area contributed by atoms with Gasteiger partial charge >= 0.3 is 5.97 Å². The van der Waals surface area contributed by atoms with Gasteiger partial charge in [0.2, 0.25) is 0 Å². The number of ether oxygens (including phenoxy) is 1. The van der Waals surface area contributed by atoms with E-state index in [-0.39, 0.29) is 5.69 Å². The standard InChI is InChI=1S/C20H19BrN4O3/c1-13-11-15(21)5-6-18(13)25(14(2)20(27)28-3)19(26)17-12-16(7-9-22-17)24-10-4-8-23-24/h4-12,14H,1-3H3/t14-/m1/s1. The van der Waals surface area contributed by atoms with Crippen molar-refractivity contribution < 1.29 is 14.3 Å². The van der Waals surface area contributed by atoms with Gasteiger partial charge in [0.05, 0.1) is 12.8 Å². The molecular formula is C20H19BrN4O3. The number of aromatic nitrogens is 3. The highest BCUT2D eigenvalue weighted by Gasteiger charge is 2.31. The van der Waals surface area contributed by atoms with E-state index >= 15 is 0 Å². The van der Waals surface area contributed by atoms with E-state index in [4.69, 9.17) is 4.74 Å². The van der Waals surface area contributed by atoms with Crippen LogP contribution < -0.4 is 4.90 Å². The van der Waals surface area contributed by atoms with Crippen molar-refractivity contribution in [2.45, 2.75) is 19.9 Å². The predicted octanol–water partition coefficient (Wildman–Crippen LogP) is 3.55. The first-order valence-electron chi connectivity index (χ1n) is 8.56. The Hall–Kier alpha value is -3.00. The minimum absolute atomic E-state index is 0.200. The molecule has 0 aliphatic rings. The second-order valence-corrected chi connectivity index (χ2v) is 7.07. The maximum Gasteiger partial charge on any atom is 0.328 e. The first-order valence-corrected chi connectivity index (χ1v) is 9.35. The van der Waals surface area contributed by atoms with Gasteiger partial charge in [-0.2, -0.15) is 5.10 Å². The van der Waals surface area contributed by atoms with E-state index in [1.807, 2.05) is 19.1 Å². The molecule has 2 aromatic heterocycles. The van der Waals surface area contributed by atoms with E-state index in [9.17, 15) is 9.59 Å². The van der Waals surface area contributed by atoms with Gasteiger partial charge in [0.15, 0.2) is 0 Å². The quantitative estimate of drug-likeness (QED) is 0.564. The van der Waals surface area contributed by atoms with Crippen molar-refractivity contribution >= 4 is 33.5 Å². The number of hydrogen-bond donors (Lipinski definition) is 0. The van der Waals surface area contributed by atoms with Crippen molar-refractivity contribution in [2.75, 3.05) is 12.0 Å². The summed E-state index contributed by atoms with van der Waals surface area (Å²) in [6.45, 7) is 3.50. The Morgan fingerprint density at radius 3 is 2.64 bits per heavy atom. The van der Waals surface area contributed by atoms with Crippen molar-refractivity contribution in [1.29, 1.82) is 0 Å². The van der Waals surface area contributed by atoms with Gasteiger partial charge in [0.25, 0.3) is 5.91 Å². The molecule has 3 rings (SSSR count). The number of aryl methyl sites for hydroxylation is 1. The van der Waals surface area contributed by atoms with Gasteiger partial charge < -0.3 is 4.74 Å². The lowest BCUT2D eigenvalue weighted by Crippen LogP contribution is -2.44. The molecule has 1 aromatic carbocycles. The summed E-state index contributed by atoms with van der Waals surface area (Å²) < 4.78 is 7.39. The second kappa shape index (κ2) is 8.35. The number of pyridine rings is 1. The van der Waals surface area contributed by atoms with Crippen LogP contribution in [0.3, 0.4) is 0 Å². The number of halogens is 1. The number of amides is 1. The summed E-state index contributed by atoms with van der Waals surface area (Å²) in [7, 11) is 1.30. The monoisotopic (exact) mass is 442 g/mol. The molecule has 0 radical (unpaired) electrons. The smallest absolute Gasteiger partial charge is 0.328 e. The van der Waals surface area contributed by atoms with Crippen LogP contribution in [0.1, 0.15) is 23.0 Å². The van der Waals surface area contributed by atoms with Crippen LogP contribution in [0.2, 0.25) is 0 Å². The minimum Gasteiger partial charge on any atom is -0.467 e. The Morgan fingerprint density at radius 1 is 1.21 bits per heavy atom. The molecule has 0 unspecified atom stereocenters. The van der Waals surface area contributed by atoms with Gasteiger partial charge in [-0.15, -0.1) is 0 Å². The van der Waals surface area contributed by atoms with Gasteiger partial charge in [-0.1, -0.05) is 15.9 Å². The number of esters is 1. The van der Waals surface area contributed by atoms with Crippen LogP contribution in [-0.4, -0.2) is 39.8 Å². The summed E-state index contributed by atoms with van der Waals surface area (Å²) in [5.41, 5.74) is 2.34. The predicted molar refractivity (Wildman–Crippen MR) is 109 cm³/mol. The Bertz CT molecular complexity index is 1000. The molecule has 28 heavy (non-hydrogen) atoms. The molecule has 0 bridgehead atoms. The summed E-state index contributed by atoms with van der Waals surface area (Å²) in [4.78, 5) is 31.2. The van der Waals surface area contributed by atoms with Crippen molar-refractivity contribution in [2.24, 2.45) is 0 Å². The zero-order valence-electron chi connectivity index (χ0n) is 15.7. The van der Waals surface area contributed by atoms with Crippen molar-refractivity contribution in [3.05, 3.63) is 70.7 Å². The average molecular weight is 443 g/mol. The fourth-order valence-electron chi connectivity index (χ4n) is 2.88. The SMILES string of the molecule is COC(=O)[C@@H](C)N(C(=O)c1cc(-n2cccn2)ccn1)c1ccc(Br)cc1C. The molecule has 144 valence electrons. The molecule has 0 N–H and O–H groups in total. The lowest BCUT2D eigenvalue weighted by Gasteiger charge is -2.29. The molecule has 0 saturated heterocycles. The van der Waals surface area contributed by atoms with Crippen LogP contribution in [0.5, 0.6) is 0 Å². The van der Waals surface area contributed by atoms with E-state index < -0.39 is 17.9 Å². The molecule has 0 aliphatic carbocycles. The highest BCUT2D eigenvalue weighted by Crippen LogP contribution is 2.27. The third kappa shape index (κ3) is 3.96. The third-order valence-electron chi connectivity index (χ3n) is 4.30. The maximum absolute atomic E-state index is 13.4. The van der Waals surface area contributed by atoms with Crippen LogP contribution in [0.4, 0.5) is 5.69 Å². The highest BCUT2D eigenvalue weighted by atomic mass is 79.9. The second-order valence-electron chi connectivity index (χ2n) is 6.16. The molecule has 3 aromatic rings. The van der Waals surface area contributed by atoms with E-state index in [0.717, 1.165) is 10.0 Å². The van der Waals surface area contributed by atoms with Gasteiger partial charge in [0, 0.05) is 28.8 Å². The fourth-order valence-corrected chi connectivity index (χ4v) is 3.36. The van der Waals surface area contributed by atoms with Crippen molar-refractivity contribution in [1.82, 2.24) is 14.8 Å². The van der Waals surface area contributed by atoms with Gasteiger partial charge in [0.1, 0.15) is 11.7 Å². The van der Waals surface area contributed by atoms with Crippen LogP contribution in [0, 0.1) is 6.92 Å². The average Bonchev–Trinajstić information content (AvgIpc) is 3.24. The molecule has 7 nitrogen and oxygen atoms in total. The summed E-state index contributed by atoms with van der Waals surface area (Å²) >= 11 is 3.42. The van der Waals surface area contributed by atoms with Gasteiger partial charge in [-0.05, 0) is 55.8 Å². The van der Waals surface area contributed by atoms with Crippen molar-refractivity contribution in [3.63, 3.8) is 0 Å². The zero-order valence-corrected chi connectivity index (χ0v) is 17.3. The molecule has 0 fully saturated rings. The summed E-state index contributed by atoms with van der Waals surface area (Å²) in [5, 5.41) is 4.18. The number of carbonyl (C=O) groups excluding carboxylic acids is 2. The first kappa shape index (κ1) is 19.8. The number of nitrogens with zero attached hydrogens (tertiary/aromatic N) is 4. The molecule has 0 spiro atoms. The van der Waals surface area contributed by atoms with E-state index in [0.29, 0.717) is 11.4 Å². The molecule has 0 aliphatic heterocycles. The molecule has 8 heteroatoms. The number of methoxy groups -OCH3 is 1. The zero-order chi connectivity index (χ0) is 20.3. The summed E-state index contributed by atoms with van der Waals surface area (Å²) in [6.07, 6.45) is 4.97. The van der Waals surface area contributed by atoms with Crippen molar-refractivity contribution in [3.8, 4) is 5.69 Å². The molecular weight excluding hydrogens is 424 g/mol. The number of hydrogen-bond acceptors (Lipinski definition) is 5. The Morgan fingerprint density at radius 2 is 2.00 bits per heavy atom. The number of carbonyl (C=O) groups is 2. The fraction of sp³-hybridized carbons (Fsp3) is 0.200. The summed E-state index contributed by atoms with van der Waals surface area (Å²) in [5.74, 6) is -0.920. The molecule has 1 atom stereocenters. The van der Waals surface area contributed by atoms with E-state index in [2.05, 4.69) is 26.0 Å². The van der Waals surface area contributed by atoms with Gasteiger partial charge in [-0.3, -0.25) is 14.7 Å². The topological polar surface area (TPSA) is 77.3 Å². The Labute approximate surface area is 171 Å². The maximum atomic E-state index is 13.4. The van der Waals surface area contributed by atoms with E-state index in [1.54, 1.807) is 54.5 Å². The minimum atomic E-state index is -0.826. The third-order valence-corrected chi connectivity index (χ3v) is 4.79. The number of rotatable bonds is 5. The Balaban J connectivity index is 2.06. The number of anilines is 1. The van der Waals surface area contributed by atoms with Gasteiger partial charge in [-0.25, -0.2) is 9.48 Å². The van der Waals surface area contributed by atoms with Crippen LogP contribution >= 0.6 is 15.9 Å². The number of benzene rings is 1. The van der Waals surface area contributed by atoms with E-state index in [1.165, 1.54) is 12.0 Å². The summed E-state index contributed by atoms with van der Waals surface area (Å²) in [6, 6.07) is 9.84. The lowest BCUT2D eigenvalue weighted by molar-refractivity contribution is -0.141. The largest absolute Gasteiger partial charge is 0.467 e. The molecule has 2 heterocycles. The van der Waals surface area contributed by atoms with Crippen LogP contribution in [0.15, 0.2) is 59.5 Å². The molecule has 1 amide bonds. The molecule has 0 saturated carbocycles. The van der Waals surface area contributed by atoms with Crippen LogP contribution in [-0.2, 0) is 9.53 Å². The highest BCUT2D eigenvalue weighted by molar-refractivity contribution is 9.10. The first-order chi connectivity index (χ1) is 13.4. The van der Waals surface area contributed by atoms with Crippen LogP contribution in [0.25, 0.3) is 5.69 Å².